The Labute approximate surface area is 244 Å². The fourth-order valence-electron chi connectivity index (χ4n) is 3.37. The van der Waals surface area contributed by atoms with Gasteiger partial charge in [0.15, 0.2) is 6.29 Å². The minimum absolute atomic E-state index is 0.0572. The highest BCUT2D eigenvalue weighted by Gasteiger charge is 2.13. The van der Waals surface area contributed by atoms with E-state index >= 15 is 0 Å². The second-order valence-corrected chi connectivity index (χ2v) is 9.75. The zero-order valence-corrected chi connectivity index (χ0v) is 25.6. The first-order chi connectivity index (χ1) is 18.9. The van der Waals surface area contributed by atoms with Crippen LogP contribution < -0.4 is 0 Å². The van der Waals surface area contributed by atoms with Crippen LogP contribution in [0.1, 0.15) is 44.9 Å². The number of hydrogen-bond acceptors (Lipinski definition) is 10. The van der Waals surface area contributed by atoms with Gasteiger partial charge in [0.05, 0.1) is 106 Å². The molecule has 1 atom stereocenters. The van der Waals surface area contributed by atoms with Gasteiger partial charge in [0.25, 0.3) is 0 Å². The molecule has 1 heterocycles. The number of halogens is 1. The summed E-state index contributed by atoms with van der Waals surface area (Å²) in [7, 11) is 0. The Hall–Kier alpha value is 0.330. The first-order valence-electron chi connectivity index (χ1n) is 14.3. The quantitative estimate of drug-likeness (QED) is 0.0622. The lowest BCUT2D eigenvalue weighted by atomic mass is 10.2. The summed E-state index contributed by atoms with van der Waals surface area (Å²) in [4.78, 5) is 0. The number of hydrogen-bond donors (Lipinski definition) is 0. The lowest BCUT2D eigenvalue weighted by Gasteiger charge is -2.22. The van der Waals surface area contributed by atoms with Gasteiger partial charge in [-0.1, -0.05) is 35.4 Å². The van der Waals surface area contributed by atoms with Crippen molar-refractivity contribution in [1.82, 2.24) is 0 Å². The third kappa shape index (κ3) is 27.9. The van der Waals surface area contributed by atoms with Crippen molar-refractivity contribution in [3.63, 3.8) is 0 Å². The van der Waals surface area contributed by atoms with E-state index in [1.807, 2.05) is 0 Å². The summed E-state index contributed by atoms with van der Waals surface area (Å²) >= 11 is 2.42. The van der Waals surface area contributed by atoms with E-state index in [-0.39, 0.29) is 6.29 Å². The van der Waals surface area contributed by atoms with E-state index in [1.54, 1.807) is 0 Å². The average molecular weight is 665 g/mol. The van der Waals surface area contributed by atoms with E-state index in [9.17, 15) is 0 Å². The van der Waals surface area contributed by atoms with E-state index < -0.39 is 0 Å². The minimum atomic E-state index is -0.0572. The predicted molar refractivity (Wildman–Crippen MR) is 153 cm³/mol. The van der Waals surface area contributed by atoms with Crippen molar-refractivity contribution in [3.8, 4) is 0 Å². The number of alkyl halides is 1. The Bertz CT molecular complexity index is 444. The van der Waals surface area contributed by atoms with Crippen molar-refractivity contribution in [2.45, 2.75) is 51.2 Å². The highest BCUT2D eigenvalue weighted by Crippen LogP contribution is 2.13. The summed E-state index contributed by atoms with van der Waals surface area (Å²) in [6.07, 6.45) is 8.22. The molecule has 0 N–H and O–H groups in total. The second-order valence-electron chi connectivity index (χ2n) is 8.67. The molecular weight excluding hydrogens is 611 g/mol. The van der Waals surface area contributed by atoms with Gasteiger partial charge in [-0.25, -0.2) is 0 Å². The normalized spacial score (nSPS) is 15.9. The van der Waals surface area contributed by atoms with Crippen LogP contribution in [0.5, 0.6) is 0 Å². The van der Waals surface area contributed by atoms with Gasteiger partial charge in [-0.3, -0.25) is 0 Å². The van der Waals surface area contributed by atoms with Crippen LogP contribution in [0.15, 0.2) is 0 Å². The number of rotatable bonds is 31. The van der Waals surface area contributed by atoms with E-state index in [0.29, 0.717) is 106 Å². The third-order valence-corrected chi connectivity index (χ3v) is 6.21. The molecule has 1 fully saturated rings. The fraction of sp³-hybridized carbons (Fsp3) is 1.00. The van der Waals surface area contributed by atoms with Crippen LogP contribution in [-0.2, 0) is 47.4 Å². The summed E-state index contributed by atoms with van der Waals surface area (Å²) in [6.45, 7) is 10.5. The van der Waals surface area contributed by atoms with Gasteiger partial charge in [0.2, 0.25) is 0 Å². The highest BCUT2D eigenvalue weighted by atomic mass is 127. The van der Waals surface area contributed by atoms with E-state index in [0.717, 1.165) is 32.5 Å². The molecule has 0 radical (unpaired) electrons. The molecule has 228 valence electrons. The SMILES string of the molecule is ICCCCCCOCCOCCOCCOCCOCCOCCOCCOCCOC1CCCCO1. The molecule has 0 aromatic carbocycles. The first-order valence-corrected chi connectivity index (χ1v) is 15.9. The van der Waals surface area contributed by atoms with Crippen LogP contribution in [0.2, 0.25) is 0 Å². The smallest absolute Gasteiger partial charge is 0.157 e. The molecule has 11 heteroatoms. The van der Waals surface area contributed by atoms with Gasteiger partial charge in [-0.15, -0.1) is 0 Å². The molecule has 0 spiro atoms. The molecule has 1 unspecified atom stereocenters. The van der Waals surface area contributed by atoms with Crippen LogP contribution in [0.3, 0.4) is 0 Å². The predicted octanol–water partition coefficient (Wildman–Crippen LogP) is 3.66. The van der Waals surface area contributed by atoms with E-state index in [2.05, 4.69) is 22.6 Å². The maximum absolute atomic E-state index is 5.60. The molecule has 1 aliphatic heterocycles. The van der Waals surface area contributed by atoms with E-state index in [1.165, 1.54) is 30.1 Å². The van der Waals surface area contributed by atoms with Crippen molar-refractivity contribution in [1.29, 1.82) is 0 Å². The van der Waals surface area contributed by atoms with Gasteiger partial charge in [-0.2, -0.15) is 0 Å². The van der Waals surface area contributed by atoms with Crippen LogP contribution in [0, 0.1) is 0 Å². The molecule has 10 nitrogen and oxygen atoms in total. The Morgan fingerprint density at radius 1 is 0.447 bits per heavy atom. The van der Waals surface area contributed by atoms with Crippen LogP contribution in [-0.4, -0.2) is 130 Å². The summed E-state index contributed by atoms with van der Waals surface area (Å²) in [5.74, 6) is 0. The third-order valence-electron chi connectivity index (χ3n) is 5.45. The first kappa shape index (κ1) is 36.4. The van der Waals surface area contributed by atoms with Crippen molar-refractivity contribution < 1.29 is 47.4 Å². The molecule has 0 aromatic rings. The van der Waals surface area contributed by atoms with Gasteiger partial charge in [0, 0.05) is 13.2 Å². The Morgan fingerprint density at radius 2 is 0.842 bits per heavy atom. The van der Waals surface area contributed by atoms with Gasteiger partial charge < -0.3 is 47.4 Å². The van der Waals surface area contributed by atoms with Crippen molar-refractivity contribution in [3.05, 3.63) is 0 Å². The summed E-state index contributed by atoms with van der Waals surface area (Å²) in [5, 5.41) is 0. The monoisotopic (exact) mass is 664 g/mol. The summed E-state index contributed by atoms with van der Waals surface area (Å²) in [5.41, 5.74) is 0. The Balaban J connectivity index is 1.61. The van der Waals surface area contributed by atoms with Crippen LogP contribution in [0.4, 0.5) is 0 Å². The largest absolute Gasteiger partial charge is 0.379 e. The number of ether oxygens (including phenoxy) is 10. The van der Waals surface area contributed by atoms with E-state index in [4.69, 9.17) is 47.4 Å². The zero-order chi connectivity index (χ0) is 27.0. The maximum Gasteiger partial charge on any atom is 0.157 e. The van der Waals surface area contributed by atoms with Gasteiger partial charge in [-0.05, 0) is 36.5 Å². The highest BCUT2D eigenvalue weighted by molar-refractivity contribution is 14.1. The van der Waals surface area contributed by atoms with Gasteiger partial charge >= 0.3 is 0 Å². The summed E-state index contributed by atoms with van der Waals surface area (Å²) in [6, 6.07) is 0. The lowest BCUT2D eigenvalue weighted by molar-refractivity contribution is -0.169. The molecular formula is C27H53IO10. The average Bonchev–Trinajstić information content (AvgIpc) is 2.94. The van der Waals surface area contributed by atoms with Crippen LogP contribution in [0.25, 0.3) is 0 Å². The standard InChI is InChI=1S/C27H53IO10/c28-8-4-1-2-5-9-29-11-12-30-13-14-31-15-16-32-17-18-33-19-20-34-21-22-35-23-24-36-25-26-38-27-7-3-6-10-37-27/h27H,1-26H2. The fourth-order valence-corrected chi connectivity index (χ4v) is 3.91. The molecule has 0 aromatic heterocycles. The summed E-state index contributed by atoms with van der Waals surface area (Å²) < 4.78 is 56.3. The lowest BCUT2D eigenvalue weighted by Crippen LogP contribution is -2.24. The Morgan fingerprint density at radius 3 is 1.24 bits per heavy atom. The van der Waals surface area contributed by atoms with Crippen molar-refractivity contribution in [2.75, 3.05) is 123 Å². The Kier molecular flexibility index (Phi) is 30.5. The molecule has 1 aliphatic rings. The molecule has 0 amide bonds. The van der Waals surface area contributed by atoms with Crippen LogP contribution >= 0.6 is 22.6 Å². The molecule has 38 heavy (non-hydrogen) atoms. The second kappa shape index (κ2) is 31.9. The molecule has 1 saturated heterocycles. The number of unbranched alkanes of at least 4 members (excludes halogenated alkanes) is 3. The topological polar surface area (TPSA) is 92.3 Å². The maximum atomic E-state index is 5.60. The van der Waals surface area contributed by atoms with Crippen molar-refractivity contribution >= 4 is 22.6 Å². The van der Waals surface area contributed by atoms with Gasteiger partial charge in [0.1, 0.15) is 0 Å². The minimum Gasteiger partial charge on any atom is -0.379 e. The molecule has 1 rings (SSSR count). The zero-order valence-electron chi connectivity index (χ0n) is 23.4. The molecule has 0 aliphatic carbocycles. The molecule has 0 bridgehead atoms. The molecule has 0 saturated carbocycles. The van der Waals surface area contributed by atoms with Crippen molar-refractivity contribution in [2.24, 2.45) is 0 Å².